The fraction of sp³-hybridized carbons (Fsp3) is 0.429. The largest absolute Gasteiger partial charge is 0.481 e. The molecule has 3 N–H and O–H groups in total. The van der Waals surface area contributed by atoms with E-state index in [1.165, 1.54) is 141 Å². The summed E-state index contributed by atoms with van der Waals surface area (Å²) in [6.07, 6.45) is 21.7. The molecule has 0 spiro atoms. The highest BCUT2D eigenvalue weighted by atomic mass is 32.2. The number of allylic oxidation sites excluding steroid dienone is 1. The molecule has 20 heteroatoms. The second-order valence-electron chi connectivity index (χ2n) is 22.3. The molecule has 2 amide bonds. The normalized spacial score (nSPS) is 23.9. The van der Waals surface area contributed by atoms with Crippen molar-refractivity contribution in [3.63, 3.8) is 0 Å². The molecule has 4 aromatic rings. The van der Waals surface area contributed by atoms with Crippen LogP contribution in [-0.2, 0) is 30.5 Å². The van der Waals surface area contributed by atoms with Gasteiger partial charge < -0.3 is 30.0 Å². The molecular formula is C63H70N6O9S5. The zero-order valence-electron chi connectivity index (χ0n) is 47.0. The zero-order valence-corrected chi connectivity index (χ0v) is 51.1. The molecule has 12 rings (SSSR count). The van der Waals surface area contributed by atoms with Crippen molar-refractivity contribution >= 4 is 146 Å². The van der Waals surface area contributed by atoms with Crippen molar-refractivity contribution in [2.45, 2.75) is 140 Å². The van der Waals surface area contributed by atoms with Gasteiger partial charge in [0.1, 0.15) is 8.64 Å². The molecule has 5 aliphatic heterocycles. The molecular weight excluding hydrogens is 1150 g/mol. The number of hydrogen-bond acceptors (Lipinski definition) is 14. The average Bonchev–Trinajstić information content (AvgIpc) is 2.22. The third-order valence-corrected chi connectivity index (χ3v) is 21.1. The van der Waals surface area contributed by atoms with E-state index in [4.69, 9.17) is 39.8 Å². The topological polar surface area (TPSA) is 184 Å². The summed E-state index contributed by atoms with van der Waals surface area (Å²) in [5.41, 5.74) is 11.3. The maximum Gasteiger partial charge on any atom is 0.305 e. The summed E-state index contributed by atoms with van der Waals surface area (Å²) in [4.78, 5) is 81.4. The maximum absolute atomic E-state index is 12.6. The Morgan fingerprint density at radius 3 is 1.60 bits per heavy atom. The number of carbonyl (C=O) groups is 5. The van der Waals surface area contributed by atoms with Crippen molar-refractivity contribution < 1.29 is 39.3 Å². The predicted molar refractivity (Wildman–Crippen MR) is 343 cm³/mol. The number of carboxylic acids is 3. The van der Waals surface area contributed by atoms with Crippen LogP contribution in [0.4, 0.5) is 17.1 Å². The average molecular weight is 1220 g/mol. The number of amides is 2. The van der Waals surface area contributed by atoms with Crippen molar-refractivity contribution in [2.75, 3.05) is 47.9 Å². The first kappa shape index (κ1) is 59.8. The SMILES string of the molecule is C=c1s/c(=C/C=C/c2ccc3c(c2)C2CCCC2N3CC)c(=O)n1CCC(=O)O.CCCN1c2ccc(/C=C3/SC(=S)N(CCC(=O)O)C3=O)cc2C2CCCC21.CN1c2ccc(/C=C3/SC(=S)N(CCC(=O)O)C3=O)cc2C2CCCC21. The molecule has 2 saturated heterocycles. The highest BCUT2D eigenvalue weighted by Crippen LogP contribution is 2.52. The molecule has 5 fully saturated rings. The molecule has 3 saturated carbocycles. The molecule has 8 aliphatic rings. The minimum absolute atomic E-state index is 0.0828. The number of thiazole rings is 1. The molecule has 0 bridgehead atoms. The van der Waals surface area contributed by atoms with Crippen LogP contribution in [-0.4, -0.2) is 119 Å². The Labute approximate surface area is 507 Å². The monoisotopic (exact) mass is 1210 g/mol. The van der Waals surface area contributed by atoms with Gasteiger partial charge >= 0.3 is 17.9 Å². The van der Waals surface area contributed by atoms with Gasteiger partial charge in [-0.25, -0.2) is 0 Å². The number of fused-ring (bicyclic) bond motifs is 9. The maximum atomic E-state index is 12.6. The van der Waals surface area contributed by atoms with E-state index in [2.05, 4.69) is 90.7 Å². The lowest BCUT2D eigenvalue weighted by Crippen LogP contribution is -2.31. The second kappa shape index (κ2) is 25.9. The number of hydrogen-bond donors (Lipinski definition) is 3. The van der Waals surface area contributed by atoms with E-state index < -0.39 is 17.9 Å². The highest BCUT2D eigenvalue weighted by molar-refractivity contribution is 8.27. The van der Waals surface area contributed by atoms with E-state index >= 15 is 0 Å². The van der Waals surface area contributed by atoms with E-state index in [1.807, 2.05) is 30.4 Å². The van der Waals surface area contributed by atoms with Gasteiger partial charge in [-0.15, -0.1) is 11.3 Å². The molecule has 1 aromatic heterocycles. The van der Waals surface area contributed by atoms with Crippen LogP contribution in [0.15, 0.2) is 75.3 Å². The van der Waals surface area contributed by atoms with Crippen LogP contribution in [0.2, 0.25) is 0 Å². The van der Waals surface area contributed by atoms with E-state index in [0.29, 0.717) is 63.5 Å². The fourth-order valence-electron chi connectivity index (χ4n) is 13.7. The summed E-state index contributed by atoms with van der Waals surface area (Å²) < 4.78 is 3.46. The second-order valence-corrected chi connectivity index (χ2v) is 26.8. The van der Waals surface area contributed by atoms with Crippen molar-refractivity contribution in [1.82, 2.24) is 14.4 Å². The number of aromatic nitrogens is 1. The predicted octanol–water partition coefficient (Wildman–Crippen LogP) is 10.4. The summed E-state index contributed by atoms with van der Waals surface area (Å²) >= 11 is 14.3. The first-order valence-electron chi connectivity index (χ1n) is 28.9. The van der Waals surface area contributed by atoms with Crippen LogP contribution in [0.25, 0.3) is 30.9 Å². The Kier molecular flexibility index (Phi) is 18.7. The molecule has 15 nitrogen and oxygen atoms in total. The van der Waals surface area contributed by atoms with Crippen molar-refractivity contribution in [3.05, 3.63) is 123 Å². The number of aliphatic carboxylic acids is 3. The van der Waals surface area contributed by atoms with Gasteiger partial charge in [-0.05, 0) is 140 Å². The third-order valence-electron chi connectivity index (χ3n) is 17.4. The van der Waals surface area contributed by atoms with E-state index in [-0.39, 0.29) is 56.3 Å². The lowest BCUT2D eigenvalue weighted by atomic mass is 9.96. The molecule has 6 heterocycles. The van der Waals surface area contributed by atoms with Crippen molar-refractivity contribution in [2.24, 2.45) is 0 Å². The van der Waals surface area contributed by atoms with E-state index in [0.717, 1.165) is 36.2 Å². The van der Waals surface area contributed by atoms with E-state index in [1.54, 1.807) is 6.08 Å². The number of nitrogens with zero attached hydrogens (tertiary/aromatic N) is 6. The molecule has 6 unspecified atom stereocenters. The molecule has 436 valence electrons. The number of carboxylic acid groups (broad SMARTS) is 3. The first-order chi connectivity index (χ1) is 39.9. The highest BCUT2D eigenvalue weighted by Gasteiger charge is 2.43. The Morgan fingerprint density at radius 2 is 1.07 bits per heavy atom. The van der Waals surface area contributed by atoms with Crippen LogP contribution in [0.5, 0.6) is 0 Å². The molecule has 83 heavy (non-hydrogen) atoms. The molecule has 3 aliphatic carbocycles. The third kappa shape index (κ3) is 12.6. The van der Waals surface area contributed by atoms with Crippen molar-refractivity contribution in [1.29, 1.82) is 0 Å². The zero-order chi connectivity index (χ0) is 58.8. The standard InChI is InChI=1S/C23H26N2O3S.C21H24N2O3S2.C19H20N2O3S2/c1-3-24-19-8-5-7-17(19)18-14-16(10-11-20(18)24)6-4-9-21-23(28)25(15(2)29-21)13-12-22(26)27;1-2-9-22-16-5-3-4-14(16)15-11-13(6-7-17(15)22)12-18-20(26)23(21(27)28-18)10-8-19(24)25;1-20-14-4-2-3-12(14)13-9-11(5-6-15(13)20)10-16-18(24)21(19(25)26-16)8-7-17(22)23/h4,6,9-11,14,17,19H,2-3,5,7-8,12-13H2,1H3,(H,26,27);6-7,11-12,14,16H,2-5,8-10H2,1H3,(H,24,25);5-6,9-10,12,14H,2-4,7-8H2,1H3,(H,22,23)/b6-4+,21-9+;18-12+;16-10+. The Hall–Kier alpha value is -6.32. The van der Waals surface area contributed by atoms with Gasteiger partial charge in [0.25, 0.3) is 17.4 Å². The molecule has 3 aromatic carbocycles. The fourth-order valence-corrected chi connectivity index (χ4v) is 17.2. The molecule has 6 atom stereocenters. The Bertz CT molecular complexity index is 3550. The summed E-state index contributed by atoms with van der Waals surface area (Å²) in [6.45, 7) is 10.9. The van der Waals surface area contributed by atoms with Gasteiger partial charge in [0.05, 0.1) is 38.3 Å². The number of carbonyl (C=O) groups excluding carboxylic acids is 2. The number of rotatable bonds is 16. The lowest BCUT2D eigenvalue weighted by molar-refractivity contribution is -0.138. The molecule has 0 radical (unpaired) electrons. The number of thiocarbonyl (C=S) groups is 2. The summed E-state index contributed by atoms with van der Waals surface area (Å²) in [5, 5.41) is 26.5. The van der Waals surface area contributed by atoms with Gasteiger partial charge in [0.15, 0.2) is 0 Å². The smallest absolute Gasteiger partial charge is 0.305 e. The van der Waals surface area contributed by atoms with E-state index in [9.17, 15) is 28.8 Å². The van der Waals surface area contributed by atoms with Crippen molar-refractivity contribution in [3.8, 4) is 0 Å². The number of benzene rings is 3. The minimum Gasteiger partial charge on any atom is -0.481 e. The number of thioether (sulfide) groups is 2. The number of likely N-dealkylation sites (N-methyl/N-ethyl adjacent to an activating group) is 2. The Morgan fingerprint density at radius 1 is 0.614 bits per heavy atom. The van der Waals surface area contributed by atoms with Gasteiger partial charge in [0.2, 0.25) is 0 Å². The Balaban J connectivity index is 0.000000139. The van der Waals surface area contributed by atoms with Gasteiger partial charge in [-0.1, -0.05) is 111 Å². The van der Waals surface area contributed by atoms with Gasteiger partial charge in [-0.2, -0.15) is 0 Å². The van der Waals surface area contributed by atoms with Crippen LogP contribution in [0, 0.1) is 0 Å². The van der Waals surface area contributed by atoms with Crippen LogP contribution in [0.1, 0.15) is 148 Å². The van der Waals surface area contributed by atoms with Gasteiger partial charge in [0, 0.05) is 92.7 Å². The summed E-state index contributed by atoms with van der Waals surface area (Å²) in [7, 11) is 2.17. The quantitative estimate of drug-likeness (QED) is 0.0710. The minimum atomic E-state index is -0.933. The number of anilines is 3. The lowest BCUT2D eigenvalue weighted by Gasteiger charge is -2.26. The van der Waals surface area contributed by atoms with Crippen LogP contribution in [0.3, 0.4) is 0 Å². The first-order valence-corrected chi connectivity index (χ1v) is 32.1. The van der Waals surface area contributed by atoms with Crippen LogP contribution >= 0.6 is 59.3 Å². The summed E-state index contributed by atoms with van der Waals surface area (Å²) in [5.74, 6) is -1.34. The van der Waals surface area contributed by atoms with Gasteiger partial charge in [-0.3, -0.25) is 43.1 Å². The van der Waals surface area contributed by atoms with Crippen LogP contribution < -0.4 is 29.5 Å². The summed E-state index contributed by atoms with van der Waals surface area (Å²) in [6, 6.07) is 21.4.